The van der Waals surface area contributed by atoms with Crippen LogP contribution in [0.15, 0.2) is 0 Å². The lowest BCUT2D eigenvalue weighted by Gasteiger charge is -2.36. The lowest BCUT2D eigenvalue weighted by molar-refractivity contribution is -0.141. The summed E-state index contributed by atoms with van der Waals surface area (Å²) in [5.41, 5.74) is 0.434. The van der Waals surface area contributed by atoms with Crippen LogP contribution in [0, 0.1) is 17.3 Å². The number of carboxylic acids is 1. The van der Waals surface area contributed by atoms with Crippen molar-refractivity contribution >= 4 is 11.9 Å². The van der Waals surface area contributed by atoms with E-state index in [2.05, 4.69) is 10.6 Å². The number of nitrogens with one attached hydrogen (secondary N) is 2. The minimum Gasteiger partial charge on any atom is -0.481 e. The van der Waals surface area contributed by atoms with E-state index in [1.807, 2.05) is 6.92 Å². The van der Waals surface area contributed by atoms with Gasteiger partial charge in [-0.25, -0.2) is 0 Å². The van der Waals surface area contributed by atoms with E-state index in [0.29, 0.717) is 11.8 Å². The summed E-state index contributed by atoms with van der Waals surface area (Å²) in [7, 11) is 0. The highest BCUT2D eigenvalue weighted by atomic mass is 16.4. The molecule has 1 saturated heterocycles. The standard InChI is InChI=1S/C15H26N2O3/c1-2-11(14(19)20)9-17-13(18)12-3-5-15(6-4-12)7-8-16-10-15/h11-12,16H,2-10H2,1H3,(H,17,18)(H,19,20). The van der Waals surface area contributed by atoms with E-state index in [1.165, 1.54) is 6.42 Å². The molecule has 5 nitrogen and oxygen atoms in total. The number of carboxylic acid groups (broad SMARTS) is 1. The topological polar surface area (TPSA) is 78.4 Å². The van der Waals surface area contributed by atoms with Crippen LogP contribution in [0.1, 0.15) is 45.4 Å². The van der Waals surface area contributed by atoms with Gasteiger partial charge in [0, 0.05) is 19.0 Å². The highest BCUT2D eigenvalue weighted by Crippen LogP contribution is 2.43. The van der Waals surface area contributed by atoms with E-state index in [9.17, 15) is 9.59 Å². The van der Waals surface area contributed by atoms with E-state index >= 15 is 0 Å². The van der Waals surface area contributed by atoms with Gasteiger partial charge in [-0.05, 0) is 50.5 Å². The molecule has 0 aromatic heterocycles. The molecular weight excluding hydrogens is 256 g/mol. The van der Waals surface area contributed by atoms with Crippen molar-refractivity contribution in [2.75, 3.05) is 19.6 Å². The molecule has 5 heteroatoms. The van der Waals surface area contributed by atoms with Crippen LogP contribution >= 0.6 is 0 Å². The van der Waals surface area contributed by atoms with Gasteiger partial charge in [0.1, 0.15) is 0 Å². The molecule has 0 aromatic carbocycles. The summed E-state index contributed by atoms with van der Waals surface area (Å²) in [4.78, 5) is 23.1. The van der Waals surface area contributed by atoms with Gasteiger partial charge in [-0.15, -0.1) is 0 Å². The molecule has 114 valence electrons. The second-order valence-electron chi connectivity index (χ2n) is 6.39. The first-order valence-corrected chi connectivity index (χ1v) is 7.77. The monoisotopic (exact) mass is 282 g/mol. The van der Waals surface area contributed by atoms with Crippen molar-refractivity contribution in [3.05, 3.63) is 0 Å². The Bertz CT molecular complexity index is 354. The molecule has 1 atom stereocenters. The highest BCUT2D eigenvalue weighted by molar-refractivity contribution is 5.79. The van der Waals surface area contributed by atoms with Crippen LogP contribution < -0.4 is 10.6 Å². The maximum atomic E-state index is 12.1. The number of aliphatic carboxylic acids is 1. The molecule has 0 aromatic rings. The SMILES string of the molecule is CCC(CNC(=O)C1CCC2(CCNC2)CC1)C(=O)O. The van der Waals surface area contributed by atoms with Crippen LogP contribution in [-0.2, 0) is 9.59 Å². The van der Waals surface area contributed by atoms with Crippen molar-refractivity contribution in [1.29, 1.82) is 0 Å². The fraction of sp³-hybridized carbons (Fsp3) is 0.867. The van der Waals surface area contributed by atoms with Crippen molar-refractivity contribution in [2.45, 2.75) is 45.4 Å². The summed E-state index contributed by atoms with van der Waals surface area (Å²) in [5.74, 6) is -1.17. The van der Waals surface area contributed by atoms with Crippen molar-refractivity contribution in [3.8, 4) is 0 Å². The van der Waals surface area contributed by atoms with Gasteiger partial charge in [0.25, 0.3) is 0 Å². The Morgan fingerprint density at radius 3 is 2.55 bits per heavy atom. The van der Waals surface area contributed by atoms with Gasteiger partial charge in [-0.2, -0.15) is 0 Å². The normalized spacial score (nSPS) is 31.1. The Balaban J connectivity index is 1.75. The molecule has 2 fully saturated rings. The predicted octanol–water partition coefficient (Wildman–Crippen LogP) is 1.38. The first-order valence-electron chi connectivity index (χ1n) is 7.77. The highest BCUT2D eigenvalue weighted by Gasteiger charge is 2.39. The van der Waals surface area contributed by atoms with Gasteiger partial charge >= 0.3 is 5.97 Å². The van der Waals surface area contributed by atoms with E-state index < -0.39 is 11.9 Å². The van der Waals surface area contributed by atoms with E-state index in [1.54, 1.807) is 0 Å². The maximum absolute atomic E-state index is 12.1. The fourth-order valence-electron chi connectivity index (χ4n) is 3.49. The summed E-state index contributed by atoms with van der Waals surface area (Å²) in [6, 6.07) is 0. The Morgan fingerprint density at radius 2 is 2.05 bits per heavy atom. The van der Waals surface area contributed by atoms with Crippen LogP contribution in [0.25, 0.3) is 0 Å². The van der Waals surface area contributed by atoms with Crippen molar-refractivity contribution < 1.29 is 14.7 Å². The van der Waals surface area contributed by atoms with Gasteiger partial charge in [0.15, 0.2) is 0 Å². The van der Waals surface area contributed by atoms with Crippen LogP contribution in [0.4, 0.5) is 0 Å². The summed E-state index contributed by atoms with van der Waals surface area (Å²) in [6.45, 7) is 4.29. The van der Waals surface area contributed by atoms with Gasteiger partial charge in [-0.1, -0.05) is 6.92 Å². The number of carbonyl (C=O) groups excluding carboxylic acids is 1. The van der Waals surface area contributed by atoms with Crippen LogP contribution in [-0.4, -0.2) is 36.6 Å². The van der Waals surface area contributed by atoms with Crippen molar-refractivity contribution in [2.24, 2.45) is 17.3 Å². The average Bonchev–Trinajstić information content (AvgIpc) is 2.88. The summed E-state index contributed by atoms with van der Waals surface area (Å²) < 4.78 is 0. The van der Waals surface area contributed by atoms with Crippen LogP contribution in [0.5, 0.6) is 0 Å². The van der Waals surface area contributed by atoms with E-state index in [0.717, 1.165) is 38.8 Å². The number of hydrogen-bond donors (Lipinski definition) is 3. The largest absolute Gasteiger partial charge is 0.481 e. The summed E-state index contributed by atoms with van der Waals surface area (Å²) in [5, 5.41) is 15.2. The first-order chi connectivity index (χ1) is 9.56. The molecule has 1 unspecified atom stereocenters. The van der Waals surface area contributed by atoms with Gasteiger partial charge in [0.2, 0.25) is 5.91 Å². The third-order valence-corrected chi connectivity index (χ3v) is 5.11. The minimum atomic E-state index is -0.826. The van der Waals surface area contributed by atoms with Crippen molar-refractivity contribution in [1.82, 2.24) is 10.6 Å². The average molecular weight is 282 g/mol. The molecule has 1 aliphatic heterocycles. The number of hydrogen-bond acceptors (Lipinski definition) is 3. The summed E-state index contributed by atoms with van der Waals surface area (Å²) >= 11 is 0. The molecule has 0 radical (unpaired) electrons. The smallest absolute Gasteiger partial charge is 0.308 e. The third kappa shape index (κ3) is 3.51. The van der Waals surface area contributed by atoms with Gasteiger partial charge in [-0.3, -0.25) is 9.59 Å². The number of rotatable bonds is 5. The first kappa shape index (κ1) is 15.3. The van der Waals surface area contributed by atoms with Crippen molar-refractivity contribution in [3.63, 3.8) is 0 Å². The molecule has 0 bridgehead atoms. The molecular formula is C15H26N2O3. The lowest BCUT2D eigenvalue weighted by atomic mass is 9.70. The number of carbonyl (C=O) groups is 2. The Labute approximate surface area is 120 Å². The predicted molar refractivity (Wildman–Crippen MR) is 76.3 cm³/mol. The van der Waals surface area contributed by atoms with Gasteiger partial charge in [0.05, 0.1) is 5.92 Å². The maximum Gasteiger partial charge on any atom is 0.308 e. The Hall–Kier alpha value is -1.10. The van der Waals surface area contributed by atoms with E-state index in [4.69, 9.17) is 5.11 Å². The quantitative estimate of drug-likeness (QED) is 0.712. The molecule has 2 aliphatic rings. The molecule has 1 amide bonds. The number of amides is 1. The Morgan fingerprint density at radius 1 is 1.35 bits per heavy atom. The molecule has 1 aliphatic carbocycles. The molecule has 1 spiro atoms. The minimum absolute atomic E-state index is 0.0468. The zero-order valence-electron chi connectivity index (χ0n) is 12.3. The van der Waals surface area contributed by atoms with Gasteiger partial charge < -0.3 is 15.7 Å². The van der Waals surface area contributed by atoms with E-state index in [-0.39, 0.29) is 18.4 Å². The zero-order chi connectivity index (χ0) is 14.6. The third-order valence-electron chi connectivity index (χ3n) is 5.11. The van der Waals surface area contributed by atoms with Crippen LogP contribution in [0.3, 0.4) is 0 Å². The van der Waals surface area contributed by atoms with Crippen LogP contribution in [0.2, 0.25) is 0 Å². The molecule has 2 rings (SSSR count). The second-order valence-corrected chi connectivity index (χ2v) is 6.39. The molecule has 1 saturated carbocycles. The molecule has 20 heavy (non-hydrogen) atoms. The molecule has 1 heterocycles. The second kappa shape index (κ2) is 6.57. The lowest BCUT2D eigenvalue weighted by Crippen LogP contribution is -2.40. The Kier molecular flexibility index (Phi) is 5.02. The summed E-state index contributed by atoms with van der Waals surface area (Å²) in [6.07, 6.45) is 5.91. The molecule has 3 N–H and O–H groups in total. The fourth-order valence-corrected chi connectivity index (χ4v) is 3.49. The zero-order valence-corrected chi connectivity index (χ0v) is 12.3.